The van der Waals surface area contributed by atoms with Crippen LogP contribution >= 0.6 is 0 Å². The molecule has 1 fully saturated rings. The molecule has 26 heavy (non-hydrogen) atoms. The quantitative estimate of drug-likeness (QED) is 0.707. The van der Waals surface area contributed by atoms with Crippen molar-refractivity contribution in [3.63, 3.8) is 0 Å². The van der Waals surface area contributed by atoms with Crippen LogP contribution in [0.4, 0.5) is 8.78 Å². The maximum atomic E-state index is 13.4. The molecule has 3 aromatic rings. The Hall–Kier alpha value is -2.90. The zero-order valence-corrected chi connectivity index (χ0v) is 14.2. The number of aryl methyl sites for hydroxylation is 1. The van der Waals surface area contributed by atoms with Crippen LogP contribution in [0.25, 0.3) is 11.2 Å². The van der Waals surface area contributed by atoms with Crippen molar-refractivity contribution in [2.75, 3.05) is 13.1 Å². The standard InChI is InChI=1S/C18H17F2N5O/c1-24-17-16(21-4-5-22-17)15(23-24)11-2-6-25(7-3-11)18(26)12-8-13(19)10-14(20)9-12/h4-5,8-11H,2-3,6-7H2,1H3. The molecule has 1 amide bonds. The predicted octanol–water partition coefficient (Wildman–Crippen LogP) is 2.66. The summed E-state index contributed by atoms with van der Waals surface area (Å²) in [6.07, 6.45) is 4.70. The molecule has 1 aromatic carbocycles. The van der Waals surface area contributed by atoms with Gasteiger partial charge < -0.3 is 4.90 Å². The zero-order chi connectivity index (χ0) is 18.3. The molecule has 0 aliphatic carbocycles. The van der Waals surface area contributed by atoms with Gasteiger partial charge in [-0.05, 0) is 25.0 Å². The third kappa shape index (κ3) is 2.91. The smallest absolute Gasteiger partial charge is 0.254 e. The third-order valence-corrected chi connectivity index (χ3v) is 4.76. The number of hydrogen-bond acceptors (Lipinski definition) is 4. The summed E-state index contributed by atoms with van der Waals surface area (Å²) in [5, 5.41) is 4.55. The summed E-state index contributed by atoms with van der Waals surface area (Å²) in [5.41, 5.74) is 2.44. The molecule has 1 aliphatic heterocycles. The van der Waals surface area contributed by atoms with E-state index in [1.165, 1.54) is 0 Å². The Morgan fingerprint density at radius 3 is 2.42 bits per heavy atom. The number of amides is 1. The Labute approximate surface area is 148 Å². The average Bonchev–Trinajstić information content (AvgIpc) is 2.98. The highest BCUT2D eigenvalue weighted by Crippen LogP contribution is 2.31. The average molecular weight is 357 g/mol. The van der Waals surface area contributed by atoms with E-state index in [-0.39, 0.29) is 17.4 Å². The Morgan fingerprint density at radius 2 is 1.73 bits per heavy atom. The lowest BCUT2D eigenvalue weighted by Gasteiger charge is -2.31. The second kappa shape index (κ2) is 6.44. The molecule has 0 saturated carbocycles. The molecule has 1 saturated heterocycles. The molecular formula is C18H17F2N5O. The lowest BCUT2D eigenvalue weighted by molar-refractivity contribution is 0.0711. The Balaban J connectivity index is 1.51. The number of nitrogens with zero attached hydrogens (tertiary/aromatic N) is 5. The minimum absolute atomic E-state index is 0.0371. The third-order valence-electron chi connectivity index (χ3n) is 4.76. The van der Waals surface area contributed by atoms with Crippen LogP contribution < -0.4 is 0 Å². The van der Waals surface area contributed by atoms with Gasteiger partial charge in [0, 0.05) is 50.1 Å². The zero-order valence-electron chi connectivity index (χ0n) is 14.2. The van der Waals surface area contributed by atoms with Crippen molar-refractivity contribution < 1.29 is 13.6 Å². The van der Waals surface area contributed by atoms with Gasteiger partial charge in [-0.25, -0.2) is 23.4 Å². The fourth-order valence-corrected chi connectivity index (χ4v) is 3.50. The first kappa shape index (κ1) is 16.6. The van der Waals surface area contributed by atoms with E-state index in [9.17, 15) is 13.6 Å². The molecule has 3 heterocycles. The number of rotatable bonds is 2. The second-order valence-electron chi connectivity index (χ2n) is 6.46. The monoisotopic (exact) mass is 357 g/mol. The number of aromatic nitrogens is 4. The molecule has 4 rings (SSSR count). The highest BCUT2D eigenvalue weighted by atomic mass is 19.1. The molecule has 0 unspecified atom stereocenters. The summed E-state index contributed by atoms with van der Waals surface area (Å²) in [7, 11) is 1.83. The summed E-state index contributed by atoms with van der Waals surface area (Å²) in [4.78, 5) is 22.8. The van der Waals surface area contributed by atoms with Crippen molar-refractivity contribution in [2.45, 2.75) is 18.8 Å². The van der Waals surface area contributed by atoms with E-state index in [1.807, 2.05) is 7.05 Å². The Morgan fingerprint density at radius 1 is 1.08 bits per heavy atom. The van der Waals surface area contributed by atoms with Gasteiger partial charge in [0.05, 0.1) is 5.69 Å². The minimum Gasteiger partial charge on any atom is -0.339 e. The lowest BCUT2D eigenvalue weighted by Crippen LogP contribution is -2.38. The first-order chi connectivity index (χ1) is 12.5. The van der Waals surface area contributed by atoms with Gasteiger partial charge in [0.25, 0.3) is 5.91 Å². The lowest BCUT2D eigenvalue weighted by atomic mass is 9.92. The fraction of sp³-hybridized carbons (Fsp3) is 0.333. The van der Waals surface area contributed by atoms with Crippen LogP contribution in [0.5, 0.6) is 0 Å². The second-order valence-corrected chi connectivity index (χ2v) is 6.46. The maximum absolute atomic E-state index is 13.4. The van der Waals surface area contributed by atoms with Crippen LogP contribution in [0.1, 0.15) is 34.8 Å². The summed E-state index contributed by atoms with van der Waals surface area (Å²) < 4.78 is 28.4. The molecule has 6 nitrogen and oxygen atoms in total. The van der Waals surface area contributed by atoms with Crippen LogP contribution in [0, 0.1) is 11.6 Å². The SMILES string of the molecule is Cn1nc(C2CCN(C(=O)c3cc(F)cc(F)c3)CC2)c2nccnc21. The molecule has 134 valence electrons. The Kier molecular flexibility index (Phi) is 4.10. The van der Waals surface area contributed by atoms with E-state index in [1.54, 1.807) is 22.0 Å². The van der Waals surface area contributed by atoms with Crippen LogP contribution in [-0.2, 0) is 7.05 Å². The number of benzene rings is 1. The number of halogens is 2. The summed E-state index contributed by atoms with van der Waals surface area (Å²) in [5.74, 6) is -1.68. The van der Waals surface area contributed by atoms with Gasteiger partial charge in [-0.15, -0.1) is 0 Å². The first-order valence-electron chi connectivity index (χ1n) is 8.42. The van der Waals surface area contributed by atoms with Crippen molar-refractivity contribution in [3.05, 3.63) is 53.5 Å². The molecular weight excluding hydrogens is 340 g/mol. The van der Waals surface area contributed by atoms with E-state index >= 15 is 0 Å². The topological polar surface area (TPSA) is 63.9 Å². The van der Waals surface area contributed by atoms with Crippen molar-refractivity contribution in [1.29, 1.82) is 0 Å². The van der Waals surface area contributed by atoms with E-state index in [4.69, 9.17) is 0 Å². The van der Waals surface area contributed by atoms with Gasteiger partial charge >= 0.3 is 0 Å². The van der Waals surface area contributed by atoms with Crippen LogP contribution in [0.2, 0.25) is 0 Å². The number of carbonyl (C=O) groups excluding carboxylic acids is 1. The van der Waals surface area contributed by atoms with E-state index in [2.05, 4.69) is 15.1 Å². The van der Waals surface area contributed by atoms with Gasteiger partial charge in [-0.3, -0.25) is 4.79 Å². The molecule has 0 radical (unpaired) electrons. The molecule has 8 heteroatoms. The van der Waals surface area contributed by atoms with Gasteiger partial charge in [0.15, 0.2) is 5.65 Å². The van der Waals surface area contributed by atoms with Gasteiger partial charge in [0.1, 0.15) is 17.2 Å². The number of hydrogen-bond donors (Lipinski definition) is 0. The highest BCUT2D eigenvalue weighted by molar-refractivity contribution is 5.94. The number of piperidine rings is 1. The predicted molar refractivity (Wildman–Crippen MR) is 90.5 cm³/mol. The molecule has 0 spiro atoms. The Bertz CT molecular complexity index is 959. The van der Waals surface area contributed by atoms with Crippen LogP contribution in [0.3, 0.4) is 0 Å². The molecule has 0 bridgehead atoms. The molecule has 0 atom stereocenters. The van der Waals surface area contributed by atoms with E-state index < -0.39 is 11.6 Å². The van der Waals surface area contributed by atoms with Crippen molar-refractivity contribution in [2.24, 2.45) is 7.05 Å². The minimum atomic E-state index is -0.748. The number of fused-ring (bicyclic) bond motifs is 1. The van der Waals surface area contributed by atoms with Crippen molar-refractivity contribution >= 4 is 17.1 Å². The number of likely N-dealkylation sites (tertiary alicyclic amines) is 1. The highest BCUT2D eigenvalue weighted by Gasteiger charge is 2.28. The van der Waals surface area contributed by atoms with E-state index in [0.29, 0.717) is 25.9 Å². The molecule has 1 aliphatic rings. The molecule has 0 N–H and O–H groups in total. The summed E-state index contributed by atoms with van der Waals surface area (Å²) in [6, 6.07) is 2.90. The van der Waals surface area contributed by atoms with Crippen molar-refractivity contribution in [3.8, 4) is 0 Å². The normalized spacial score (nSPS) is 15.6. The molecule has 2 aromatic heterocycles. The summed E-state index contributed by atoms with van der Waals surface area (Å²) in [6.45, 7) is 1.000. The van der Waals surface area contributed by atoms with Crippen LogP contribution in [0.15, 0.2) is 30.6 Å². The first-order valence-corrected chi connectivity index (χ1v) is 8.42. The largest absolute Gasteiger partial charge is 0.339 e. The van der Waals surface area contributed by atoms with Crippen molar-refractivity contribution in [1.82, 2.24) is 24.6 Å². The maximum Gasteiger partial charge on any atom is 0.254 e. The number of carbonyl (C=O) groups is 1. The fourth-order valence-electron chi connectivity index (χ4n) is 3.50. The summed E-state index contributed by atoms with van der Waals surface area (Å²) >= 11 is 0. The van der Waals surface area contributed by atoms with Gasteiger partial charge in [0.2, 0.25) is 0 Å². The van der Waals surface area contributed by atoms with Crippen LogP contribution in [-0.4, -0.2) is 43.6 Å². The van der Waals surface area contributed by atoms with Gasteiger partial charge in [-0.1, -0.05) is 0 Å². The van der Waals surface area contributed by atoms with Gasteiger partial charge in [-0.2, -0.15) is 5.10 Å². The van der Waals surface area contributed by atoms with E-state index in [0.717, 1.165) is 35.1 Å².